The third-order valence-corrected chi connectivity index (χ3v) is 4.33. The normalized spacial score (nSPS) is 15.4. The van der Waals surface area contributed by atoms with E-state index in [1.54, 1.807) is 0 Å². The molecule has 0 radical (unpaired) electrons. The van der Waals surface area contributed by atoms with Gasteiger partial charge in [-0.15, -0.1) is 0 Å². The van der Waals surface area contributed by atoms with E-state index in [1.807, 2.05) is 0 Å². The van der Waals surface area contributed by atoms with Gasteiger partial charge < -0.3 is 10.2 Å². The molecule has 1 saturated heterocycles. The Morgan fingerprint density at radius 3 is 2.67 bits per heavy atom. The summed E-state index contributed by atoms with van der Waals surface area (Å²) >= 11 is 0. The first-order chi connectivity index (χ1) is 10.3. The average molecular weight is 283 g/mol. The zero-order valence-electron chi connectivity index (χ0n) is 13.2. The highest BCUT2D eigenvalue weighted by Gasteiger charge is 2.15. The van der Waals surface area contributed by atoms with Gasteiger partial charge in [-0.1, -0.05) is 19.1 Å². The molecule has 2 heterocycles. The molecule has 1 aliphatic rings. The summed E-state index contributed by atoms with van der Waals surface area (Å²) in [6.07, 6.45) is 4.96. The van der Waals surface area contributed by atoms with Gasteiger partial charge in [0, 0.05) is 25.0 Å². The maximum atomic E-state index is 4.96. The molecule has 3 rings (SSSR count). The van der Waals surface area contributed by atoms with Crippen molar-refractivity contribution < 1.29 is 0 Å². The summed E-state index contributed by atoms with van der Waals surface area (Å²) < 4.78 is 0. The molecular formula is C18H25N3. The number of piperidine rings is 1. The molecule has 1 fully saturated rings. The molecule has 0 spiro atoms. The predicted octanol–water partition coefficient (Wildman–Crippen LogP) is 4.22. The minimum Gasteiger partial charge on any atom is -0.370 e. The minimum atomic E-state index is 0.914. The number of hydrogen-bond donors (Lipinski definition) is 1. The lowest BCUT2D eigenvalue weighted by atomic mass is 10.1. The van der Waals surface area contributed by atoms with Crippen molar-refractivity contribution in [2.45, 2.75) is 39.5 Å². The monoisotopic (exact) mass is 283 g/mol. The lowest BCUT2D eigenvalue weighted by molar-refractivity contribution is 0.579. The minimum absolute atomic E-state index is 0.914. The third-order valence-electron chi connectivity index (χ3n) is 4.33. The largest absolute Gasteiger partial charge is 0.370 e. The summed E-state index contributed by atoms with van der Waals surface area (Å²) in [5.74, 6) is 1.05. The molecule has 0 aliphatic carbocycles. The summed E-state index contributed by atoms with van der Waals surface area (Å²) in [6, 6.07) is 8.88. The number of aromatic nitrogens is 1. The molecule has 1 aliphatic heterocycles. The van der Waals surface area contributed by atoms with Gasteiger partial charge in [-0.2, -0.15) is 0 Å². The third kappa shape index (κ3) is 2.82. The number of hydrogen-bond acceptors (Lipinski definition) is 3. The van der Waals surface area contributed by atoms with Crippen molar-refractivity contribution in [2.24, 2.45) is 0 Å². The van der Waals surface area contributed by atoms with Crippen LogP contribution in [0.5, 0.6) is 0 Å². The fourth-order valence-corrected chi connectivity index (χ4v) is 3.21. The van der Waals surface area contributed by atoms with Crippen molar-refractivity contribution in [2.75, 3.05) is 29.9 Å². The van der Waals surface area contributed by atoms with Crippen LogP contribution in [0.4, 0.5) is 11.5 Å². The molecule has 0 atom stereocenters. The van der Waals surface area contributed by atoms with Crippen LogP contribution in [-0.4, -0.2) is 24.6 Å². The van der Waals surface area contributed by atoms with Gasteiger partial charge in [0.1, 0.15) is 5.82 Å². The maximum Gasteiger partial charge on any atom is 0.129 e. The van der Waals surface area contributed by atoms with Crippen molar-refractivity contribution in [1.29, 1.82) is 0 Å². The van der Waals surface area contributed by atoms with Gasteiger partial charge in [-0.05, 0) is 50.3 Å². The molecule has 112 valence electrons. The zero-order valence-corrected chi connectivity index (χ0v) is 13.2. The highest BCUT2D eigenvalue weighted by atomic mass is 15.1. The van der Waals surface area contributed by atoms with Gasteiger partial charge >= 0.3 is 0 Å². The summed E-state index contributed by atoms with van der Waals surface area (Å²) in [4.78, 5) is 7.46. The topological polar surface area (TPSA) is 28.2 Å². The lowest BCUT2D eigenvalue weighted by Crippen LogP contribution is -2.29. The summed E-state index contributed by atoms with van der Waals surface area (Å²) in [6.45, 7) is 7.55. The maximum absolute atomic E-state index is 4.96. The second-order valence-electron chi connectivity index (χ2n) is 5.78. The van der Waals surface area contributed by atoms with Crippen molar-refractivity contribution >= 4 is 22.4 Å². The molecule has 1 N–H and O–H groups in total. The molecule has 21 heavy (non-hydrogen) atoms. The van der Waals surface area contributed by atoms with E-state index in [4.69, 9.17) is 4.98 Å². The highest BCUT2D eigenvalue weighted by Crippen LogP contribution is 2.30. The molecule has 0 saturated carbocycles. The zero-order chi connectivity index (χ0) is 14.7. The summed E-state index contributed by atoms with van der Waals surface area (Å²) in [7, 11) is 0. The van der Waals surface area contributed by atoms with Crippen molar-refractivity contribution in [3.8, 4) is 0 Å². The van der Waals surface area contributed by atoms with E-state index in [1.165, 1.54) is 35.9 Å². The second kappa shape index (κ2) is 6.33. The second-order valence-corrected chi connectivity index (χ2v) is 5.78. The number of nitrogens with zero attached hydrogens (tertiary/aromatic N) is 2. The Morgan fingerprint density at radius 2 is 1.95 bits per heavy atom. The van der Waals surface area contributed by atoms with Crippen LogP contribution in [-0.2, 0) is 6.42 Å². The number of para-hydroxylation sites is 1. The number of benzene rings is 1. The number of rotatable bonds is 4. The predicted molar refractivity (Wildman–Crippen MR) is 91.3 cm³/mol. The average Bonchev–Trinajstić information content (AvgIpc) is 2.55. The van der Waals surface area contributed by atoms with Crippen molar-refractivity contribution in [3.05, 3.63) is 29.8 Å². The molecule has 3 heteroatoms. The van der Waals surface area contributed by atoms with E-state index < -0.39 is 0 Å². The fourth-order valence-electron chi connectivity index (χ4n) is 3.21. The Labute approximate surface area is 127 Å². The van der Waals surface area contributed by atoms with Crippen molar-refractivity contribution in [3.63, 3.8) is 0 Å². The Balaban J connectivity index is 2.09. The highest BCUT2D eigenvalue weighted by molar-refractivity contribution is 5.92. The molecular weight excluding hydrogens is 258 g/mol. The standard InChI is InChI=1S/C18H25N3/c1-3-14-13-15-9-8-10-16(21-11-6-5-7-12-21)17(15)20-18(14)19-4-2/h8-10,13H,3-7,11-12H2,1-2H3,(H,19,20). The van der Waals surface area contributed by atoms with Crippen LogP contribution < -0.4 is 10.2 Å². The number of aryl methyl sites for hydroxylation is 1. The van der Waals surface area contributed by atoms with Gasteiger partial charge in [-0.25, -0.2) is 4.98 Å². The van der Waals surface area contributed by atoms with E-state index in [0.717, 1.165) is 37.4 Å². The smallest absolute Gasteiger partial charge is 0.129 e. The number of pyridine rings is 1. The first-order valence-corrected chi connectivity index (χ1v) is 8.25. The number of fused-ring (bicyclic) bond motifs is 1. The Bertz CT molecular complexity index is 615. The number of nitrogens with one attached hydrogen (secondary N) is 1. The lowest BCUT2D eigenvalue weighted by Gasteiger charge is -2.29. The molecule has 1 aromatic carbocycles. The van der Waals surface area contributed by atoms with E-state index in [9.17, 15) is 0 Å². The van der Waals surface area contributed by atoms with Crippen LogP contribution in [0.2, 0.25) is 0 Å². The quantitative estimate of drug-likeness (QED) is 0.910. The Morgan fingerprint density at radius 1 is 1.14 bits per heavy atom. The van der Waals surface area contributed by atoms with Crippen LogP contribution in [0.3, 0.4) is 0 Å². The van der Waals surface area contributed by atoms with Crippen molar-refractivity contribution in [1.82, 2.24) is 4.98 Å². The molecule has 0 unspecified atom stereocenters. The number of anilines is 2. The van der Waals surface area contributed by atoms with Crippen LogP contribution in [0.15, 0.2) is 24.3 Å². The summed E-state index contributed by atoms with van der Waals surface area (Å²) in [5, 5.41) is 4.68. The first kappa shape index (κ1) is 14.2. The van der Waals surface area contributed by atoms with E-state index in [2.05, 4.69) is 48.3 Å². The molecule has 1 aromatic heterocycles. The van der Waals surface area contributed by atoms with Crippen LogP contribution in [0, 0.1) is 0 Å². The van der Waals surface area contributed by atoms with Crippen LogP contribution in [0.1, 0.15) is 38.7 Å². The van der Waals surface area contributed by atoms with Gasteiger partial charge in [0.15, 0.2) is 0 Å². The molecule has 2 aromatic rings. The fraction of sp³-hybridized carbons (Fsp3) is 0.500. The van der Waals surface area contributed by atoms with E-state index in [0.29, 0.717) is 0 Å². The Kier molecular flexibility index (Phi) is 4.28. The van der Waals surface area contributed by atoms with Gasteiger partial charge in [0.05, 0.1) is 11.2 Å². The van der Waals surface area contributed by atoms with Gasteiger partial charge in [0.25, 0.3) is 0 Å². The molecule has 3 nitrogen and oxygen atoms in total. The SMILES string of the molecule is CCNc1nc2c(N3CCCCC3)cccc2cc1CC. The van der Waals surface area contributed by atoms with Gasteiger partial charge in [0.2, 0.25) is 0 Å². The molecule has 0 amide bonds. The molecule has 0 bridgehead atoms. The van der Waals surface area contributed by atoms with Crippen LogP contribution in [0.25, 0.3) is 10.9 Å². The van der Waals surface area contributed by atoms with Crippen LogP contribution >= 0.6 is 0 Å². The summed E-state index contributed by atoms with van der Waals surface area (Å²) in [5.41, 5.74) is 3.75. The Hall–Kier alpha value is -1.77. The van der Waals surface area contributed by atoms with E-state index >= 15 is 0 Å². The van der Waals surface area contributed by atoms with Gasteiger partial charge in [-0.3, -0.25) is 0 Å². The first-order valence-electron chi connectivity index (χ1n) is 8.25. The van der Waals surface area contributed by atoms with E-state index in [-0.39, 0.29) is 0 Å².